The van der Waals surface area contributed by atoms with Gasteiger partial charge in [0, 0.05) is 42.3 Å². The highest BCUT2D eigenvalue weighted by Crippen LogP contribution is 2.43. The van der Waals surface area contributed by atoms with Gasteiger partial charge in [0.15, 0.2) is 0 Å². The number of rotatable bonds is 5. The lowest BCUT2D eigenvalue weighted by Crippen LogP contribution is -2.35. The molecule has 1 aromatic heterocycles. The van der Waals surface area contributed by atoms with Gasteiger partial charge in [0.2, 0.25) is 5.91 Å². The summed E-state index contributed by atoms with van der Waals surface area (Å²) in [4.78, 5) is 32.9. The lowest BCUT2D eigenvalue weighted by molar-refractivity contribution is -0.116. The minimum atomic E-state index is -3.28. The Morgan fingerprint density at radius 1 is 1.10 bits per heavy atom. The fourth-order valence-corrected chi connectivity index (χ4v) is 5.99. The van der Waals surface area contributed by atoms with Crippen molar-refractivity contribution in [3.05, 3.63) is 76.8 Å². The van der Waals surface area contributed by atoms with Crippen LogP contribution in [0, 0.1) is 12.8 Å². The number of carbonyl (C=O) groups is 2. The Hall–Kier alpha value is -2.85. The molecule has 0 saturated carbocycles. The molecule has 0 bridgehead atoms. The van der Waals surface area contributed by atoms with Crippen molar-refractivity contribution in [2.24, 2.45) is 5.92 Å². The third-order valence-electron chi connectivity index (χ3n) is 7.08. The monoisotopic (exact) mass is 608 g/mol. The zero-order chi connectivity index (χ0) is 26.7. The molecule has 0 spiro atoms. The molecule has 0 unspecified atom stereocenters. The van der Waals surface area contributed by atoms with Crippen LogP contribution < -0.4 is 15.5 Å². The highest BCUT2D eigenvalue weighted by Gasteiger charge is 2.41. The topological polar surface area (TPSA) is 74.3 Å². The zero-order valence-electron chi connectivity index (χ0n) is 22.0. The highest BCUT2D eigenvalue weighted by atomic mass is 35.5. The Balaban J connectivity index is 0.00000220. The SMILES string of the molecule is Cc1nc(-c2ccccc2)sc1C(=O)N1CCC(F)(F)/C(=C\C(=O)NCC2CCNCC2)c2ccccc21.Cl.Cl. The largest absolute Gasteiger partial charge is 0.352 e. The number of para-hydroxylation sites is 1. The van der Waals surface area contributed by atoms with Crippen LogP contribution in [0.25, 0.3) is 16.1 Å². The molecule has 6 nitrogen and oxygen atoms in total. The number of hydrogen-bond acceptors (Lipinski definition) is 5. The number of nitrogens with zero attached hydrogens (tertiary/aromatic N) is 2. The first-order chi connectivity index (χ1) is 18.3. The van der Waals surface area contributed by atoms with Gasteiger partial charge in [-0.15, -0.1) is 36.2 Å². The molecule has 3 heterocycles. The average molecular weight is 610 g/mol. The van der Waals surface area contributed by atoms with Crippen molar-refractivity contribution in [1.82, 2.24) is 15.6 Å². The normalized spacial score (nSPS) is 17.7. The summed E-state index contributed by atoms with van der Waals surface area (Å²) in [6, 6.07) is 16.1. The fourth-order valence-electron chi connectivity index (χ4n) is 4.97. The lowest BCUT2D eigenvalue weighted by Gasteiger charge is -2.23. The first kappa shape index (κ1) is 31.7. The third-order valence-corrected chi connectivity index (χ3v) is 8.28. The van der Waals surface area contributed by atoms with Crippen molar-refractivity contribution in [3.8, 4) is 10.6 Å². The second-order valence-electron chi connectivity index (χ2n) is 9.72. The van der Waals surface area contributed by atoms with Gasteiger partial charge in [-0.2, -0.15) is 0 Å². The first-order valence-corrected chi connectivity index (χ1v) is 13.7. The van der Waals surface area contributed by atoms with Gasteiger partial charge in [-0.05, 0) is 44.8 Å². The standard InChI is InChI=1S/C29H30F2N4O2S.2ClH/c1-19-26(38-27(34-19)21-7-3-2-4-8-21)28(37)35-16-13-29(30,31)23(22-9-5-6-10-24(22)35)17-25(36)33-18-20-11-14-32-15-12-20;;/h2-10,17,20,32H,11-16,18H2,1H3,(H,33,36);2*1H/b23-17-;;. The summed E-state index contributed by atoms with van der Waals surface area (Å²) in [7, 11) is 0. The number of aromatic nitrogens is 1. The molecule has 3 aromatic rings. The van der Waals surface area contributed by atoms with Crippen molar-refractivity contribution in [2.75, 3.05) is 31.1 Å². The van der Waals surface area contributed by atoms with Crippen LogP contribution in [0.4, 0.5) is 14.5 Å². The van der Waals surface area contributed by atoms with Crippen LogP contribution in [0.2, 0.25) is 0 Å². The molecule has 2 aliphatic heterocycles. The van der Waals surface area contributed by atoms with Crippen LogP contribution >= 0.6 is 36.2 Å². The number of piperidine rings is 1. The van der Waals surface area contributed by atoms with E-state index in [4.69, 9.17) is 0 Å². The second kappa shape index (κ2) is 13.7. The Bertz CT molecular complexity index is 1360. The smallest absolute Gasteiger partial charge is 0.275 e. The van der Waals surface area contributed by atoms with Crippen LogP contribution in [0.1, 0.15) is 40.2 Å². The van der Waals surface area contributed by atoms with Crippen LogP contribution in [0.3, 0.4) is 0 Å². The van der Waals surface area contributed by atoms with E-state index >= 15 is 8.78 Å². The van der Waals surface area contributed by atoms with E-state index in [0.717, 1.165) is 37.6 Å². The number of fused-ring (bicyclic) bond motifs is 1. The Morgan fingerprint density at radius 2 is 1.77 bits per heavy atom. The number of allylic oxidation sites excluding steroid dienone is 1. The predicted octanol–water partition coefficient (Wildman–Crippen LogP) is 6.15. The molecule has 11 heteroatoms. The Morgan fingerprint density at radius 3 is 2.50 bits per heavy atom. The summed E-state index contributed by atoms with van der Waals surface area (Å²) in [6.07, 6.45) is 2.30. The van der Waals surface area contributed by atoms with Crippen LogP contribution in [0.5, 0.6) is 0 Å². The molecule has 0 radical (unpaired) electrons. The molecule has 2 N–H and O–H groups in total. The van der Waals surface area contributed by atoms with Gasteiger partial charge >= 0.3 is 0 Å². The number of anilines is 1. The van der Waals surface area contributed by atoms with E-state index in [1.54, 1.807) is 31.2 Å². The number of thiazole rings is 1. The van der Waals surface area contributed by atoms with E-state index in [2.05, 4.69) is 15.6 Å². The zero-order valence-corrected chi connectivity index (χ0v) is 24.4. The molecule has 1 fully saturated rings. The number of amides is 2. The minimum Gasteiger partial charge on any atom is -0.352 e. The first-order valence-electron chi connectivity index (χ1n) is 12.9. The average Bonchev–Trinajstić information content (AvgIpc) is 3.28. The fraction of sp³-hybridized carbons (Fsp3) is 0.345. The predicted molar refractivity (Wildman–Crippen MR) is 161 cm³/mol. The van der Waals surface area contributed by atoms with E-state index in [1.165, 1.54) is 16.2 Å². The number of alkyl halides is 2. The summed E-state index contributed by atoms with van der Waals surface area (Å²) in [5.74, 6) is -3.87. The van der Waals surface area contributed by atoms with Crippen LogP contribution in [-0.2, 0) is 4.79 Å². The van der Waals surface area contributed by atoms with E-state index in [0.29, 0.717) is 33.7 Å². The van der Waals surface area contributed by atoms with Crippen LogP contribution in [0.15, 0.2) is 60.7 Å². The number of aryl methyl sites for hydroxylation is 1. The number of carbonyl (C=O) groups excluding carboxylic acids is 2. The maximum atomic E-state index is 15.5. The van der Waals surface area contributed by atoms with E-state index in [1.807, 2.05) is 30.3 Å². The Kier molecular flexibility index (Phi) is 10.8. The number of halogens is 4. The highest BCUT2D eigenvalue weighted by molar-refractivity contribution is 7.17. The van der Waals surface area contributed by atoms with Crippen LogP contribution in [-0.4, -0.2) is 48.9 Å². The van der Waals surface area contributed by atoms with Crippen molar-refractivity contribution in [1.29, 1.82) is 0 Å². The van der Waals surface area contributed by atoms with Gasteiger partial charge in [0.25, 0.3) is 11.8 Å². The molecule has 5 rings (SSSR count). The third kappa shape index (κ3) is 6.89. The quantitative estimate of drug-likeness (QED) is 0.341. The molecule has 214 valence electrons. The molecule has 2 aliphatic rings. The second-order valence-corrected chi connectivity index (χ2v) is 10.7. The van der Waals surface area contributed by atoms with Gasteiger partial charge < -0.3 is 15.5 Å². The van der Waals surface area contributed by atoms with Crippen molar-refractivity contribution >= 4 is 59.2 Å². The van der Waals surface area contributed by atoms with Crippen molar-refractivity contribution in [2.45, 2.75) is 32.1 Å². The van der Waals surface area contributed by atoms with Gasteiger partial charge in [-0.1, -0.05) is 48.5 Å². The molecule has 2 aromatic carbocycles. The molecule has 0 atom stereocenters. The van der Waals surface area contributed by atoms with Gasteiger partial charge in [-0.3, -0.25) is 9.59 Å². The minimum absolute atomic E-state index is 0. The van der Waals surface area contributed by atoms with Crippen molar-refractivity contribution in [3.63, 3.8) is 0 Å². The van der Waals surface area contributed by atoms with E-state index < -0.39 is 18.3 Å². The van der Waals surface area contributed by atoms with Gasteiger partial charge in [-0.25, -0.2) is 13.8 Å². The Labute approximate surface area is 249 Å². The van der Waals surface area contributed by atoms with Gasteiger partial charge in [0.05, 0.1) is 11.4 Å². The molecule has 1 saturated heterocycles. The van der Waals surface area contributed by atoms with Crippen molar-refractivity contribution < 1.29 is 18.4 Å². The maximum absolute atomic E-state index is 15.5. The van der Waals surface area contributed by atoms with E-state index in [-0.39, 0.29) is 48.4 Å². The van der Waals surface area contributed by atoms with E-state index in [9.17, 15) is 9.59 Å². The molecular formula is C29H32Cl2F2N4O2S. The number of hydrogen-bond donors (Lipinski definition) is 2. The number of nitrogens with one attached hydrogen (secondary N) is 2. The molecular weight excluding hydrogens is 577 g/mol. The summed E-state index contributed by atoms with van der Waals surface area (Å²) in [6.45, 7) is 3.81. The molecule has 0 aliphatic carbocycles. The lowest BCUT2D eigenvalue weighted by atomic mass is 9.96. The maximum Gasteiger partial charge on any atom is 0.275 e. The summed E-state index contributed by atoms with van der Waals surface area (Å²) >= 11 is 1.25. The molecule has 40 heavy (non-hydrogen) atoms. The number of benzene rings is 2. The summed E-state index contributed by atoms with van der Waals surface area (Å²) in [5.41, 5.74) is 1.63. The molecule has 2 amide bonds. The summed E-state index contributed by atoms with van der Waals surface area (Å²) in [5, 5.41) is 6.79. The van der Waals surface area contributed by atoms with Gasteiger partial charge in [0.1, 0.15) is 9.88 Å². The summed E-state index contributed by atoms with van der Waals surface area (Å²) < 4.78 is 31.0.